The number of halogens is 1. The fraction of sp³-hybridized carbons (Fsp3) is 0.217. The fourth-order valence-electron chi connectivity index (χ4n) is 2.92. The highest BCUT2D eigenvalue weighted by molar-refractivity contribution is 5.92. The molecular weight excluding hydrogens is 383 g/mol. The third-order valence-electron chi connectivity index (χ3n) is 4.59. The average molecular weight is 406 g/mol. The van der Waals surface area contributed by atoms with Crippen molar-refractivity contribution in [2.75, 3.05) is 13.1 Å². The van der Waals surface area contributed by atoms with Crippen LogP contribution in [0.5, 0.6) is 0 Å². The van der Waals surface area contributed by atoms with Gasteiger partial charge in [-0.1, -0.05) is 42.5 Å². The van der Waals surface area contributed by atoms with Crippen LogP contribution in [0.4, 0.5) is 4.39 Å². The zero-order chi connectivity index (χ0) is 21.2. The number of aromatic nitrogens is 2. The van der Waals surface area contributed by atoms with E-state index >= 15 is 0 Å². The van der Waals surface area contributed by atoms with Crippen LogP contribution in [0.25, 0.3) is 0 Å². The Morgan fingerprint density at radius 2 is 1.70 bits per heavy atom. The summed E-state index contributed by atoms with van der Waals surface area (Å²) in [6, 6.07) is 15.8. The van der Waals surface area contributed by atoms with Crippen LogP contribution in [0.15, 0.2) is 73.2 Å². The van der Waals surface area contributed by atoms with Crippen molar-refractivity contribution in [3.63, 3.8) is 0 Å². The van der Waals surface area contributed by atoms with Crippen LogP contribution in [0, 0.1) is 5.82 Å². The molecule has 0 atom stereocenters. The van der Waals surface area contributed by atoms with Gasteiger partial charge >= 0.3 is 0 Å². The molecule has 0 fully saturated rings. The van der Waals surface area contributed by atoms with Gasteiger partial charge in [-0.05, 0) is 29.7 Å². The van der Waals surface area contributed by atoms with Crippen molar-refractivity contribution in [3.8, 4) is 0 Å². The predicted molar refractivity (Wildman–Crippen MR) is 111 cm³/mol. The fourth-order valence-corrected chi connectivity index (χ4v) is 2.92. The summed E-state index contributed by atoms with van der Waals surface area (Å²) < 4.78 is 13.0. The zero-order valence-corrected chi connectivity index (χ0v) is 16.5. The Labute approximate surface area is 174 Å². The minimum Gasteiger partial charge on any atom is -0.352 e. The molecule has 7 heteroatoms. The van der Waals surface area contributed by atoms with Crippen molar-refractivity contribution in [1.29, 1.82) is 0 Å². The third-order valence-corrected chi connectivity index (χ3v) is 4.59. The van der Waals surface area contributed by atoms with Gasteiger partial charge in [0.2, 0.25) is 5.91 Å². The molecule has 2 amide bonds. The maximum atomic E-state index is 13.0. The molecule has 1 N–H and O–H groups in total. The third kappa shape index (κ3) is 6.48. The van der Waals surface area contributed by atoms with Crippen LogP contribution in [0.2, 0.25) is 0 Å². The van der Waals surface area contributed by atoms with Gasteiger partial charge < -0.3 is 10.2 Å². The van der Waals surface area contributed by atoms with Gasteiger partial charge in [0.1, 0.15) is 11.5 Å². The monoisotopic (exact) mass is 406 g/mol. The Morgan fingerprint density at radius 3 is 2.40 bits per heavy atom. The molecule has 0 aliphatic rings. The van der Waals surface area contributed by atoms with Crippen molar-refractivity contribution in [2.24, 2.45) is 0 Å². The molecule has 3 aromatic rings. The Bertz CT molecular complexity index is 950. The van der Waals surface area contributed by atoms with Gasteiger partial charge in [0.15, 0.2) is 0 Å². The molecule has 3 rings (SSSR count). The minimum atomic E-state index is -0.318. The summed E-state index contributed by atoms with van der Waals surface area (Å²) in [5.74, 6) is -0.761. The summed E-state index contributed by atoms with van der Waals surface area (Å²) in [5.41, 5.74) is 2.16. The number of rotatable bonds is 9. The van der Waals surface area contributed by atoms with E-state index in [4.69, 9.17) is 0 Å². The minimum absolute atomic E-state index is 0.155. The summed E-state index contributed by atoms with van der Waals surface area (Å²) >= 11 is 0. The number of carbonyl (C=O) groups excluding carboxylic acids is 2. The lowest BCUT2D eigenvalue weighted by Crippen LogP contribution is -2.37. The smallest absolute Gasteiger partial charge is 0.274 e. The predicted octanol–water partition coefficient (Wildman–Crippen LogP) is 3.01. The molecular formula is C23H23FN4O2. The molecule has 1 aromatic heterocycles. The van der Waals surface area contributed by atoms with E-state index in [1.165, 1.54) is 30.7 Å². The number of hydrogen-bond donors (Lipinski definition) is 1. The van der Waals surface area contributed by atoms with E-state index < -0.39 is 0 Å². The molecule has 0 radical (unpaired) electrons. The molecule has 0 unspecified atom stereocenters. The molecule has 0 saturated carbocycles. The van der Waals surface area contributed by atoms with Gasteiger partial charge in [0.25, 0.3) is 5.91 Å². The molecule has 1 heterocycles. The Balaban J connectivity index is 1.57. The van der Waals surface area contributed by atoms with Crippen LogP contribution in [0.1, 0.15) is 28.0 Å². The first kappa shape index (κ1) is 21.1. The van der Waals surface area contributed by atoms with E-state index in [-0.39, 0.29) is 36.3 Å². The summed E-state index contributed by atoms with van der Waals surface area (Å²) in [4.78, 5) is 34.8. The van der Waals surface area contributed by atoms with Crippen LogP contribution >= 0.6 is 0 Å². The topological polar surface area (TPSA) is 75.2 Å². The number of nitrogens with one attached hydrogen (secondary N) is 1. The largest absolute Gasteiger partial charge is 0.352 e. The molecule has 30 heavy (non-hydrogen) atoms. The molecule has 2 aromatic carbocycles. The standard InChI is InChI=1S/C23H23FN4O2/c24-20-8-6-19(7-9-20)16-27-22(29)11-15-28(14-10-18-4-2-1-3-5-18)23(30)21-17-25-12-13-26-21/h1-9,12-13,17H,10-11,14-16H2,(H,27,29). The lowest BCUT2D eigenvalue weighted by Gasteiger charge is -2.22. The first-order valence-corrected chi connectivity index (χ1v) is 9.72. The van der Waals surface area contributed by atoms with Crippen molar-refractivity contribution in [2.45, 2.75) is 19.4 Å². The number of carbonyl (C=O) groups is 2. The lowest BCUT2D eigenvalue weighted by molar-refractivity contribution is -0.121. The summed E-state index contributed by atoms with van der Waals surface area (Å²) in [6.07, 6.45) is 5.23. The molecule has 0 aliphatic carbocycles. The van der Waals surface area contributed by atoms with Crippen molar-refractivity contribution < 1.29 is 14.0 Å². The maximum absolute atomic E-state index is 13.0. The second kappa shape index (κ2) is 10.8. The SMILES string of the molecule is O=C(CCN(CCc1ccccc1)C(=O)c1cnccn1)NCc1ccc(F)cc1. The lowest BCUT2D eigenvalue weighted by atomic mass is 10.1. The summed E-state index contributed by atoms with van der Waals surface area (Å²) in [5, 5.41) is 2.80. The van der Waals surface area contributed by atoms with E-state index in [2.05, 4.69) is 15.3 Å². The average Bonchev–Trinajstić information content (AvgIpc) is 2.79. The van der Waals surface area contributed by atoms with Crippen LogP contribution in [0.3, 0.4) is 0 Å². The van der Waals surface area contributed by atoms with Crippen LogP contribution < -0.4 is 5.32 Å². The highest BCUT2D eigenvalue weighted by atomic mass is 19.1. The van der Waals surface area contributed by atoms with Crippen LogP contribution in [-0.2, 0) is 17.8 Å². The Hall–Kier alpha value is -3.61. The summed E-state index contributed by atoms with van der Waals surface area (Å²) in [7, 11) is 0. The summed E-state index contributed by atoms with van der Waals surface area (Å²) in [6.45, 7) is 1.03. The van der Waals surface area contributed by atoms with E-state index in [1.807, 2.05) is 30.3 Å². The quantitative estimate of drug-likeness (QED) is 0.593. The number of amides is 2. The first-order valence-electron chi connectivity index (χ1n) is 9.72. The molecule has 0 bridgehead atoms. The van der Waals surface area contributed by atoms with Gasteiger partial charge in [-0.2, -0.15) is 0 Å². The normalized spacial score (nSPS) is 10.4. The highest BCUT2D eigenvalue weighted by Crippen LogP contribution is 2.07. The van der Waals surface area contributed by atoms with E-state index in [0.717, 1.165) is 11.1 Å². The maximum Gasteiger partial charge on any atom is 0.274 e. The molecule has 154 valence electrons. The number of hydrogen-bond acceptors (Lipinski definition) is 4. The van der Waals surface area contributed by atoms with Gasteiger partial charge in [-0.15, -0.1) is 0 Å². The highest BCUT2D eigenvalue weighted by Gasteiger charge is 2.18. The Morgan fingerprint density at radius 1 is 0.933 bits per heavy atom. The van der Waals surface area contributed by atoms with Crippen molar-refractivity contribution >= 4 is 11.8 Å². The van der Waals surface area contributed by atoms with Gasteiger partial charge in [-0.3, -0.25) is 14.6 Å². The second-order valence-corrected chi connectivity index (χ2v) is 6.77. The molecule has 6 nitrogen and oxygen atoms in total. The van der Waals surface area contributed by atoms with E-state index in [0.29, 0.717) is 19.5 Å². The van der Waals surface area contributed by atoms with Crippen LogP contribution in [-0.4, -0.2) is 39.8 Å². The molecule has 0 aliphatic heterocycles. The van der Waals surface area contributed by atoms with Crippen molar-refractivity contribution in [3.05, 3.63) is 95.8 Å². The second-order valence-electron chi connectivity index (χ2n) is 6.77. The van der Waals surface area contributed by atoms with Crippen molar-refractivity contribution in [1.82, 2.24) is 20.2 Å². The molecule has 0 spiro atoms. The Kier molecular flexibility index (Phi) is 7.60. The zero-order valence-electron chi connectivity index (χ0n) is 16.5. The van der Waals surface area contributed by atoms with Gasteiger partial charge in [0.05, 0.1) is 6.20 Å². The van der Waals surface area contributed by atoms with Gasteiger partial charge in [-0.25, -0.2) is 9.37 Å². The van der Waals surface area contributed by atoms with E-state index in [1.54, 1.807) is 17.0 Å². The van der Waals surface area contributed by atoms with Gasteiger partial charge in [0, 0.05) is 38.4 Å². The molecule has 0 saturated heterocycles. The number of benzene rings is 2. The van der Waals surface area contributed by atoms with E-state index in [9.17, 15) is 14.0 Å². The number of nitrogens with zero attached hydrogens (tertiary/aromatic N) is 3. The first-order chi connectivity index (χ1) is 14.6.